The second kappa shape index (κ2) is 6.47. The van der Waals surface area contributed by atoms with E-state index in [0.29, 0.717) is 18.1 Å². The number of fused-ring (bicyclic) bond motifs is 1. The van der Waals surface area contributed by atoms with Crippen molar-refractivity contribution in [2.24, 2.45) is 0 Å². The predicted octanol–water partition coefficient (Wildman–Crippen LogP) is 3.16. The van der Waals surface area contributed by atoms with E-state index < -0.39 is 0 Å². The lowest BCUT2D eigenvalue weighted by Crippen LogP contribution is -2.51. The van der Waals surface area contributed by atoms with Crippen molar-refractivity contribution in [3.63, 3.8) is 0 Å². The van der Waals surface area contributed by atoms with Gasteiger partial charge in [-0.1, -0.05) is 17.7 Å². The molecule has 128 valence electrons. The summed E-state index contributed by atoms with van der Waals surface area (Å²) in [6.45, 7) is 5.72. The van der Waals surface area contributed by atoms with Gasteiger partial charge in [0.15, 0.2) is 0 Å². The molecule has 1 saturated carbocycles. The van der Waals surface area contributed by atoms with Crippen LogP contribution in [0.2, 0.25) is 5.02 Å². The number of rotatable bonds is 2. The van der Waals surface area contributed by atoms with Gasteiger partial charge in [0, 0.05) is 23.5 Å². The SMILES string of the molecule is Cc1nc([C@H]2CC[C@H]3OCCN[C@@H]3C2)n(-c2ccc(C)c(Cl)c2)n1. The molecular weight excluding hydrogens is 324 g/mol. The summed E-state index contributed by atoms with van der Waals surface area (Å²) in [5.74, 6) is 2.23. The zero-order chi connectivity index (χ0) is 16.7. The normalized spacial score (nSPS) is 27.0. The molecule has 2 fully saturated rings. The largest absolute Gasteiger partial charge is 0.375 e. The molecule has 0 unspecified atom stereocenters. The fourth-order valence-electron chi connectivity index (χ4n) is 3.85. The molecule has 1 aromatic heterocycles. The number of nitrogens with one attached hydrogen (secondary N) is 1. The Labute approximate surface area is 147 Å². The summed E-state index contributed by atoms with van der Waals surface area (Å²) >= 11 is 6.31. The zero-order valence-electron chi connectivity index (χ0n) is 14.1. The second-order valence-corrected chi connectivity index (χ2v) is 7.25. The number of aromatic nitrogens is 3. The van der Waals surface area contributed by atoms with Crippen molar-refractivity contribution in [2.45, 2.75) is 51.2 Å². The van der Waals surface area contributed by atoms with Gasteiger partial charge in [-0.05, 0) is 50.8 Å². The maximum Gasteiger partial charge on any atom is 0.148 e. The molecule has 1 saturated heterocycles. The van der Waals surface area contributed by atoms with Crippen LogP contribution < -0.4 is 5.32 Å². The molecule has 2 heterocycles. The minimum Gasteiger partial charge on any atom is -0.375 e. The Morgan fingerprint density at radius 3 is 3.00 bits per heavy atom. The highest BCUT2D eigenvalue weighted by Gasteiger charge is 2.35. The fraction of sp³-hybridized carbons (Fsp3) is 0.556. The molecule has 4 rings (SSSR count). The van der Waals surface area contributed by atoms with E-state index in [2.05, 4.69) is 16.5 Å². The Hall–Kier alpha value is -1.43. The first kappa shape index (κ1) is 16.1. The standard InChI is InChI=1S/C18H23ClN4O/c1-11-3-5-14(10-15(11)19)23-18(21-12(2)22-23)13-4-6-17-16(9-13)20-7-8-24-17/h3,5,10,13,16-17,20H,4,6-9H2,1-2H3/t13-,16+,17+/m0/s1. The topological polar surface area (TPSA) is 52.0 Å². The van der Waals surface area contributed by atoms with E-state index in [-0.39, 0.29) is 0 Å². The van der Waals surface area contributed by atoms with Crippen LogP contribution in [-0.4, -0.2) is 40.1 Å². The number of benzene rings is 1. The Morgan fingerprint density at radius 1 is 1.29 bits per heavy atom. The molecule has 2 aromatic rings. The number of hydrogen-bond donors (Lipinski definition) is 1. The van der Waals surface area contributed by atoms with Gasteiger partial charge in [0.1, 0.15) is 11.6 Å². The number of nitrogens with zero attached hydrogens (tertiary/aromatic N) is 3. The average molecular weight is 347 g/mol. The smallest absolute Gasteiger partial charge is 0.148 e. The van der Waals surface area contributed by atoms with E-state index in [0.717, 1.165) is 60.3 Å². The Balaban J connectivity index is 1.65. The summed E-state index contributed by atoms with van der Waals surface area (Å²) in [6, 6.07) is 6.49. The van der Waals surface area contributed by atoms with Crippen LogP contribution >= 0.6 is 11.6 Å². The van der Waals surface area contributed by atoms with Crippen molar-refractivity contribution in [1.29, 1.82) is 0 Å². The highest BCUT2D eigenvalue weighted by Crippen LogP contribution is 2.35. The molecule has 0 spiro atoms. The summed E-state index contributed by atoms with van der Waals surface area (Å²) in [4.78, 5) is 4.74. The van der Waals surface area contributed by atoms with Gasteiger partial charge in [0.05, 0.1) is 18.4 Å². The Bertz CT molecular complexity index is 745. The third kappa shape index (κ3) is 2.96. The second-order valence-electron chi connectivity index (χ2n) is 6.84. The molecule has 3 atom stereocenters. The lowest BCUT2D eigenvalue weighted by molar-refractivity contribution is -0.0280. The van der Waals surface area contributed by atoms with E-state index in [1.807, 2.05) is 30.7 Å². The molecule has 1 aliphatic heterocycles. The van der Waals surface area contributed by atoms with Crippen molar-refractivity contribution >= 4 is 11.6 Å². The van der Waals surface area contributed by atoms with E-state index in [9.17, 15) is 0 Å². The summed E-state index contributed by atoms with van der Waals surface area (Å²) < 4.78 is 7.86. The quantitative estimate of drug-likeness (QED) is 0.907. The fourth-order valence-corrected chi connectivity index (χ4v) is 4.02. The molecule has 1 aromatic carbocycles. The molecule has 0 bridgehead atoms. The minimum absolute atomic E-state index is 0.348. The molecule has 1 N–H and O–H groups in total. The van der Waals surface area contributed by atoms with Gasteiger partial charge in [0.25, 0.3) is 0 Å². The molecule has 2 aliphatic rings. The zero-order valence-corrected chi connectivity index (χ0v) is 14.9. The van der Waals surface area contributed by atoms with E-state index in [4.69, 9.17) is 21.3 Å². The molecule has 5 nitrogen and oxygen atoms in total. The number of morpholine rings is 1. The van der Waals surface area contributed by atoms with Crippen LogP contribution in [0.25, 0.3) is 5.69 Å². The third-order valence-electron chi connectivity index (χ3n) is 5.13. The maximum atomic E-state index is 6.31. The first-order valence-corrected chi connectivity index (χ1v) is 9.04. The Morgan fingerprint density at radius 2 is 2.17 bits per heavy atom. The van der Waals surface area contributed by atoms with Crippen LogP contribution in [0, 0.1) is 13.8 Å². The minimum atomic E-state index is 0.348. The maximum absolute atomic E-state index is 6.31. The molecule has 0 radical (unpaired) electrons. The van der Waals surface area contributed by atoms with Gasteiger partial charge >= 0.3 is 0 Å². The van der Waals surface area contributed by atoms with Crippen molar-refractivity contribution in [3.05, 3.63) is 40.4 Å². The van der Waals surface area contributed by atoms with Crippen LogP contribution in [0.4, 0.5) is 0 Å². The number of ether oxygens (including phenoxy) is 1. The number of aryl methyl sites for hydroxylation is 2. The molecule has 6 heteroatoms. The van der Waals surface area contributed by atoms with Crippen LogP contribution in [0.15, 0.2) is 18.2 Å². The molecular formula is C18H23ClN4O. The monoisotopic (exact) mass is 346 g/mol. The van der Waals surface area contributed by atoms with Crippen LogP contribution in [-0.2, 0) is 4.74 Å². The van der Waals surface area contributed by atoms with Gasteiger partial charge in [-0.25, -0.2) is 9.67 Å². The van der Waals surface area contributed by atoms with Gasteiger partial charge < -0.3 is 10.1 Å². The van der Waals surface area contributed by atoms with Crippen molar-refractivity contribution in [1.82, 2.24) is 20.1 Å². The number of hydrogen-bond acceptors (Lipinski definition) is 4. The van der Waals surface area contributed by atoms with E-state index >= 15 is 0 Å². The first-order valence-electron chi connectivity index (χ1n) is 8.67. The van der Waals surface area contributed by atoms with Crippen molar-refractivity contribution in [2.75, 3.05) is 13.2 Å². The molecule has 0 amide bonds. The van der Waals surface area contributed by atoms with Crippen molar-refractivity contribution < 1.29 is 4.74 Å². The first-order chi connectivity index (χ1) is 11.6. The van der Waals surface area contributed by atoms with Crippen LogP contribution in [0.1, 0.15) is 42.4 Å². The average Bonchev–Trinajstić information content (AvgIpc) is 2.99. The number of halogens is 1. The lowest BCUT2D eigenvalue weighted by Gasteiger charge is -2.39. The lowest BCUT2D eigenvalue weighted by atomic mass is 9.82. The van der Waals surface area contributed by atoms with E-state index in [1.54, 1.807) is 0 Å². The van der Waals surface area contributed by atoms with Gasteiger partial charge in [-0.3, -0.25) is 0 Å². The van der Waals surface area contributed by atoms with Gasteiger partial charge in [-0.2, -0.15) is 5.10 Å². The summed E-state index contributed by atoms with van der Waals surface area (Å²) in [7, 11) is 0. The summed E-state index contributed by atoms with van der Waals surface area (Å²) in [5, 5.41) is 8.99. The van der Waals surface area contributed by atoms with Crippen LogP contribution in [0.3, 0.4) is 0 Å². The van der Waals surface area contributed by atoms with Crippen LogP contribution in [0.5, 0.6) is 0 Å². The highest BCUT2D eigenvalue weighted by molar-refractivity contribution is 6.31. The van der Waals surface area contributed by atoms with Gasteiger partial charge in [0.2, 0.25) is 0 Å². The Kier molecular flexibility index (Phi) is 4.33. The van der Waals surface area contributed by atoms with Crippen molar-refractivity contribution in [3.8, 4) is 5.69 Å². The van der Waals surface area contributed by atoms with E-state index in [1.165, 1.54) is 0 Å². The summed E-state index contributed by atoms with van der Waals surface area (Å²) in [6.07, 6.45) is 3.55. The third-order valence-corrected chi connectivity index (χ3v) is 5.54. The molecule has 1 aliphatic carbocycles. The molecule has 24 heavy (non-hydrogen) atoms. The van der Waals surface area contributed by atoms with Gasteiger partial charge in [-0.15, -0.1) is 0 Å². The predicted molar refractivity (Wildman–Crippen MR) is 94.0 cm³/mol. The highest BCUT2D eigenvalue weighted by atomic mass is 35.5. The summed E-state index contributed by atoms with van der Waals surface area (Å²) in [5.41, 5.74) is 2.05.